The summed E-state index contributed by atoms with van der Waals surface area (Å²) in [5.74, 6) is 0.0834. The molecule has 0 aliphatic carbocycles. The van der Waals surface area contributed by atoms with Gasteiger partial charge in [-0.3, -0.25) is 4.79 Å². The Bertz CT molecular complexity index is 437. The predicted molar refractivity (Wildman–Crippen MR) is 67.2 cm³/mol. The van der Waals surface area contributed by atoms with Gasteiger partial charge in [-0.1, -0.05) is 17.7 Å². The van der Waals surface area contributed by atoms with E-state index >= 15 is 0 Å². The van der Waals surface area contributed by atoms with Gasteiger partial charge in [-0.15, -0.1) is 0 Å². The molecule has 0 saturated carbocycles. The maximum atomic E-state index is 11.7. The summed E-state index contributed by atoms with van der Waals surface area (Å²) in [5, 5.41) is 9.88. The van der Waals surface area contributed by atoms with Gasteiger partial charge in [-0.05, 0) is 12.1 Å². The molecule has 5 heteroatoms. The third-order valence-electron chi connectivity index (χ3n) is 3.05. The summed E-state index contributed by atoms with van der Waals surface area (Å²) in [4.78, 5) is 15.3. The minimum absolute atomic E-state index is 0.0834. The summed E-state index contributed by atoms with van der Waals surface area (Å²) in [6.45, 7) is 1.67. The zero-order valence-corrected chi connectivity index (χ0v) is 10.4. The zero-order valence-electron chi connectivity index (χ0n) is 9.69. The van der Waals surface area contributed by atoms with E-state index in [9.17, 15) is 9.90 Å². The molecular formula is C12H15ClN2O2. The van der Waals surface area contributed by atoms with Crippen molar-refractivity contribution in [1.29, 1.82) is 0 Å². The van der Waals surface area contributed by atoms with Crippen molar-refractivity contribution >= 4 is 23.2 Å². The molecule has 4 nitrogen and oxygen atoms in total. The zero-order chi connectivity index (χ0) is 12.4. The quantitative estimate of drug-likeness (QED) is 0.860. The van der Waals surface area contributed by atoms with Gasteiger partial charge in [0.15, 0.2) is 0 Å². The van der Waals surface area contributed by atoms with Gasteiger partial charge >= 0.3 is 0 Å². The van der Waals surface area contributed by atoms with Crippen LogP contribution in [0.4, 0.5) is 5.69 Å². The fraction of sp³-hybridized carbons (Fsp3) is 0.417. The normalized spacial score (nSPS) is 16.5. The number of aliphatic hydroxyl groups excluding tert-OH is 1. The van der Waals surface area contributed by atoms with Gasteiger partial charge in [-0.25, -0.2) is 0 Å². The second kappa shape index (κ2) is 4.94. The molecule has 17 heavy (non-hydrogen) atoms. The van der Waals surface area contributed by atoms with Crippen molar-refractivity contribution in [2.24, 2.45) is 0 Å². The molecule has 0 aromatic heterocycles. The van der Waals surface area contributed by atoms with E-state index in [1.54, 1.807) is 18.0 Å². The molecule has 1 aromatic carbocycles. The van der Waals surface area contributed by atoms with E-state index in [0.717, 1.165) is 12.2 Å². The molecule has 1 saturated heterocycles. The summed E-state index contributed by atoms with van der Waals surface area (Å²) in [6.07, 6.45) is 0. The van der Waals surface area contributed by atoms with Crippen LogP contribution in [0.5, 0.6) is 0 Å². The second-order valence-electron chi connectivity index (χ2n) is 4.13. The average molecular weight is 255 g/mol. The number of hydrogen-bond acceptors (Lipinski definition) is 3. The molecule has 92 valence electrons. The molecule has 1 fully saturated rings. The van der Waals surface area contributed by atoms with Crippen LogP contribution in [0.1, 0.15) is 5.56 Å². The summed E-state index contributed by atoms with van der Waals surface area (Å²) in [7, 11) is 1.80. The molecule has 1 aliphatic rings. The van der Waals surface area contributed by atoms with Crippen molar-refractivity contribution in [2.45, 2.75) is 6.61 Å². The Morgan fingerprint density at radius 1 is 1.41 bits per heavy atom. The second-order valence-corrected chi connectivity index (χ2v) is 4.54. The lowest BCUT2D eigenvalue weighted by atomic mass is 10.1. The van der Waals surface area contributed by atoms with Gasteiger partial charge in [0, 0.05) is 36.4 Å². The topological polar surface area (TPSA) is 43.8 Å². The summed E-state index contributed by atoms with van der Waals surface area (Å²) < 4.78 is 0. The van der Waals surface area contributed by atoms with Gasteiger partial charge in [0.25, 0.3) is 0 Å². The summed E-state index contributed by atoms with van der Waals surface area (Å²) in [5.41, 5.74) is 1.54. The molecule has 1 aliphatic heterocycles. The van der Waals surface area contributed by atoms with Crippen molar-refractivity contribution in [3.63, 3.8) is 0 Å². The maximum Gasteiger partial charge on any atom is 0.241 e. The van der Waals surface area contributed by atoms with Crippen LogP contribution in [0.25, 0.3) is 0 Å². The Morgan fingerprint density at radius 2 is 2.18 bits per heavy atom. The van der Waals surface area contributed by atoms with Gasteiger partial charge in [0.2, 0.25) is 5.91 Å². The monoisotopic (exact) mass is 254 g/mol. The third-order valence-corrected chi connectivity index (χ3v) is 3.40. The van der Waals surface area contributed by atoms with Crippen molar-refractivity contribution in [1.82, 2.24) is 4.90 Å². The number of piperazine rings is 1. The van der Waals surface area contributed by atoms with Crippen LogP contribution in [0.2, 0.25) is 5.02 Å². The number of carbonyl (C=O) groups is 1. The average Bonchev–Trinajstić information content (AvgIpc) is 2.32. The number of aliphatic hydroxyl groups is 1. The fourth-order valence-corrected chi connectivity index (χ4v) is 2.19. The minimum Gasteiger partial charge on any atom is -0.392 e. The van der Waals surface area contributed by atoms with E-state index in [2.05, 4.69) is 0 Å². The van der Waals surface area contributed by atoms with Crippen LogP contribution in [-0.4, -0.2) is 42.6 Å². The van der Waals surface area contributed by atoms with E-state index in [4.69, 9.17) is 11.6 Å². The molecule has 0 atom stereocenters. The van der Waals surface area contributed by atoms with E-state index in [0.29, 0.717) is 23.7 Å². The fourth-order valence-electron chi connectivity index (χ4n) is 1.96. The van der Waals surface area contributed by atoms with Gasteiger partial charge in [0.1, 0.15) is 0 Å². The molecule has 2 rings (SSSR count). The molecule has 1 N–H and O–H groups in total. The lowest BCUT2D eigenvalue weighted by Gasteiger charge is -2.34. The number of hydrogen-bond donors (Lipinski definition) is 1. The molecule has 0 unspecified atom stereocenters. The van der Waals surface area contributed by atoms with Crippen LogP contribution in [-0.2, 0) is 11.4 Å². The Balaban J connectivity index is 2.28. The van der Waals surface area contributed by atoms with Crippen LogP contribution in [0, 0.1) is 0 Å². The Kier molecular flexibility index (Phi) is 3.54. The highest BCUT2D eigenvalue weighted by Crippen LogP contribution is 2.28. The molecule has 0 bridgehead atoms. The van der Waals surface area contributed by atoms with Crippen LogP contribution in [0.3, 0.4) is 0 Å². The molecule has 0 spiro atoms. The lowest BCUT2D eigenvalue weighted by molar-refractivity contribution is -0.129. The first kappa shape index (κ1) is 12.2. The number of nitrogens with zero attached hydrogens (tertiary/aromatic N) is 2. The van der Waals surface area contributed by atoms with E-state index in [-0.39, 0.29) is 12.5 Å². The van der Waals surface area contributed by atoms with Crippen LogP contribution >= 0.6 is 11.6 Å². The number of carbonyl (C=O) groups excluding carboxylic acids is 1. The summed E-state index contributed by atoms with van der Waals surface area (Å²) >= 11 is 6.03. The highest BCUT2D eigenvalue weighted by Gasteiger charge is 2.23. The lowest BCUT2D eigenvalue weighted by Crippen LogP contribution is -2.48. The largest absolute Gasteiger partial charge is 0.392 e. The molecule has 0 radical (unpaired) electrons. The highest BCUT2D eigenvalue weighted by atomic mass is 35.5. The number of benzene rings is 1. The van der Waals surface area contributed by atoms with Gasteiger partial charge in [-0.2, -0.15) is 0 Å². The van der Waals surface area contributed by atoms with E-state index < -0.39 is 0 Å². The highest BCUT2D eigenvalue weighted by molar-refractivity contribution is 6.31. The van der Waals surface area contributed by atoms with Crippen molar-refractivity contribution in [3.8, 4) is 0 Å². The Labute approximate surface area is 105 Å². The molecule has 1 amide bonds. The van der Waals surface area contributed by atoms with Gasteiger partial charge < -0.3 is 14.9 Å². The van der Waals surface area contributed by atoms with Crippen molar-refractivity contribution in [3.05, 3.63) is 28.8 Å². The number of halogens is 1. The standard InChI is InChI=1S/C12H15ClN2O2/c1-14-5-6-15(7-12(14)17)11-4-2-3-10(13)9(11)8-16/h2-4,16H,5-8H2,1H3. The smallest absolute Gasteiger partial charge is 0.241 e. The SMILES string of the molecule is CN1CCN(c2cccc(Cl)c2CO)CC1=O. The van der Waals surface area contributed by atoms with Crippen molar-refractivity contribution in [2.75, 3.05) is 31.6 Å². The molecule has 1 aromatic rings. The van der Waals surface area contributed by atoms with Crippen LogP contribution in [0.15, 0.2) is 18.2 Å². The Morgan fingerprint density at radius 3 is 2.82 bits per heavy atom. The number of anilines is 1. The predicted octanol–water partition coefficient (Wildman–Crippen LogP) is 1.11. The Hall–Kier alpha value is -1.26. The minimum atomic E-state index is -0.116. The number of rotatable bonds is 2. The molecule has 1 heterocycles. The first-order chi connectivity index (χ1) is 8.13. The van der Waals surface area contributed by atoms with E-state index in [1.165, 1.54) is 0 Å². The van der Waals surface area contributed by atoms with E-state index in [1.807, 2.05) is 17.0 Å². The third kappa shape index (κ3) is 2.37. The number of amides is 1. The summed E-state index contributed by atoms with van der Waals surface area (Å²) in [6, 6.07) is 5.46. The first-order valence-corrected chi connectivity index (χ1v) is 5.88. The number of likely N-dealkylation sites (N-methyl/N-ethyl adjacent to an activating group) is 1. The first-order valence-electron chi connectivity index (χ1n) is 5.50. The molecular weight excluding hydrogens is 240 g/mol. The maximum absolute atomic E-state index is 11.7. The van der Waals surface area contributed by atoms with Crippen molar-refractivity contribution < 1.29 is 9.90 Å². The van der Waals surface area contributed by atoms with Crippen LogP contribution < -0.4 is 4.90 Å². The van der Waals surface area contributed by atoms with Gasteiger partial charge in [0.05, 0.1) is 13.2 Å².